The average Bonchev–Trinajstić information content (AvgIpc) is 2.97. The Morgan fingerprint density at radius 1 is 0.833 bits per heavy atom. The standard InChI is InChI=1S/C19H13ClN2O2/c20-14-8-5-7-13(18(14)24)19-21-17(12-6-1-2-10-16(12)23)15-9-3-4-11-22(15)19/h1-11,23-24H. The molecule has 0 saturated carbocycles. The van der Waals surface area contributed by atoms with Crippen molar-refractivity contribution in [3.8, 4) is 34.1 Å². The molecular formula is C19H13ClN2O2. The Bertz CT molecular complexity index is 1060. The number of imidazole rings is 1. The number of nitrogens with zero attached hydrogens (tertiary/aromatic N) is 2. The molecule has 4 rings (SSSR count). The Morgan fingerprint density at radius 3 is 2.42 bits per heavy atom. The van der Waals surface area contributed by atoms with Crippen LogP contribution in [0.1, 0.15) is 0 Å². The molecule has 0 amide bonds. The lowest BCUT2D eigenvalue weighted by atomic mass is 10.1. The van der Waals surface area contributed by atoms with Gasteiger partial charge in [-0.1, -0.05) is 35.9 Å². The summed E-state index contributed by atoms with van der Waals surface area (Å²) in [7, 11) is 0. The van der Waals surface area contributed by atoms with Gasteiger partial charge in [0, 0.05) is 11.8 Å². The van der Waals surface area contributed by atoms with E-state index in [9.17, 15) is 10.2 Å². The predicted octanol–water partition coefficient (Wildman–Crippen LogP) is 4.73. The Kier molecular flexibility index (Phi) is 3.40. The molecule has 2 aromatic carbocycles. The Morgan fingerprint density at radius 2 is 1.58 bits per heavy atom. The van der Waals surface area contributed by atoms with Crippen LogP contribution in [0.15, 0.2) is 66.9 Å². The maximum atomic E-state index is 10.3. The van der Waals surface area contributed by atoms with Crippen LogP contribution in [0.3, 0.4) is 0 Å². The second kappa shape index (κ2) is 5.58. The van der Waals surface area contributed by atoms with E-state index < -0.39 is 0 Å². The summed E-state index contributed by atoms with van der Waals surface area (Å²) < 4.78 is 1.87. The van der Waals surface area contributed by atoms with E-state index in [1.807, 2.05) is 40.9 Å². The molecule has 5 heteroatoms. The van der Waals surface area contributed by atoms with Gasteiger partial charge in [0.1, 0.15) is 23.0 Å². The fraction of sp³-hybridized carbons (Fsp3) is 0. The molecule has 24 heavy (non-hydrogen) atoms. The van der Waals surface area contributed by atoms with E-state index in [-0.39, 0.29) is 16.5 Å². The monoisotopic (exact) mass is 336 g/mol. The zero-order valence-corrected chi connectivity index (χ0v) is 13.3. The fourth-order valence-corrected chi connectivity index (χ4v) is 2.97. The molecule has 0 aliphatic heterocycles. The van der Waals surface area contributed by atoms with Crippen molar-refractivity contribution >= 4 is 17.1 Å². The van der Waals surface area contributed by atoms with E-state index in [0.717, 1.165) is 5.52 Å². The van der Waals surface area contributed by atoms with Gasteiger partial charge in [0.2, 0.25) is 0 Å². The predicted molar refractivity (Wildman–Crippen MR) is 94.4 cm³/mol. The molecule has 0 spiro atoms. The quantitative estimate of drug-likeness (QED) is 0.556. The van der Waals surface area contributed by atoms with E-state index in [1.165, 1.54) is 0 Å². The molecule has 118 valence electrons. The minimum Gasteiger partial charge on any atom is -0.507 e. The van der Waals surface area contributed by atoms with Crippen LogP contribution in [-0.2, 0) is 0 Å². The molecule has 0 fully saturated rings. The Hall–Kier alpha value is -2.98. The van der Waals surface area contributed by atoms with Crippen molar-refractivity contribution in [1.29, 1.82) is 0 Å². The van der Waals surface area contributed by atoms with Crippen molar-refractivity contribution in [2.24, 2.45) is 0 Å². The molecule has 2 N–H and O–H groups in total. The molecule has 2 heterocycles. The minimum absolute atomic E-state index is 0.0150. The number of phenolic OH excluding ortho intramolecular Hbond substituents is 2. The second-order valence-corrected chi connectivity index (χ2v) is 5.80. The first-order chi connectivity index (χ1) is 11.7. The number of halogens is 1. The van der Waals surface area contributed by atoms with Crippen LogP contribution in [-0.4, -0.2) is 19.6 Å². The Labute approximate surface area is 143 Å². The van der Waals surface area contributed by atoms with Crippen LogP contribution in [0, 0.1) is 0 Å². The van der Waals surface area contributed by atoms with Gasteiger partial charge in [-0.25, -0.2) is 4.98 Å². The zero-order valence-electron chi connectivity index (χ0n) is 12.5. The van der Waals surface area contributed by atoms with Crippen molar-refractivity contribution in [1.82, 2.24) is 9.38 Å². The van der Waals surface area contributed by atoms with Gasteiger partial charge in [-0.15, -0.1) is 0 Å². The molecule has 0 aliphatic carbocycles. The SMILES string of the molecule is Oc1ccccc1-c1nc(-c2cccc(Cl)c2O)n2ccccc12. The lowest BCUT2D eigenvalue weighted by Crippen LogP contribution is -1.89. The van der Waals surface area contributed by atoms with Gasteiger partial charge in [-0.2, -0.15) is 0 Å². The molecule has 0 bridgehead atoms. The average molecular weight is 337 g/mol. The van der Waals surface area contributed by atoms with Crippen molar-refractivity contribution in [2.45, 2.75) is 0 Å². The summed E-state index contributed by atoms with van der Waals surface area (Å²) >= 11 is 6.04. The molecule has 4 aromatic rings. The summed E-state index contributed by atoms with van der Waals surface area (Å²) in [4.78, 5) is 4.68. The lowest BCUT2D eigenvalue weighted by molar-refractivity contribution is 0.477. The fourth-order valence-electron chi connectivity index (χ4n) is 2.80. The summed E-state index contributed by atoms with van der Waals surface area (Å²) in [6.07, 6.45) is 1.86. The number of hydrogen-bond donors (Lipinski definition) is 2. The minimum atomic E-state index is -0.0150. The van der Waals surface area contributed by atoms with Gasteiger partial charge in [0.15, 0.2) is 0 Å². The first kappa shape index (κ1) is 14.6. The van der Waals surface area contributed by atoms with Crippen LogP contribution < -0.4 is 0 Å². The van der Waals surface area contributed by atoms with Gasteiger partial charge in [-0.05, 0) is 36.4 Å². The number of aromatic nitrogens is 2. The maximum absolute atomic E-state index is 10.3. The lowest BCUT2D eigenvalue weighted by Gasteiger charge is -2.05. The first-order valence-corrected chi connectivity index (χ1v) is 7.78. The number of fused-ring (bicyclic) bond motifs is 1. The maximum Gasteiger partial charge on any atom is 0.149 e. The van der Waals surface area contributed by atoms with Gasteiger partial charge in [0.05, 0.1) is 16.1 Å². The summed E-state index contributed by atoms with van der Waals surface area (Å²) in [5, 5.41) is 20.8. The molecule has 0 unspecified atom stereocenters. The van der Waals surface area contributed by atoms with E-state index in [2.05, 4.69) is 4.98 Å². The number of hydrogen-bond acceptors (Lipinski definition) is 3. The number of para-hydroxylation sites is 2. The van der Waals surface area contributed by atoms with Gasteiger partial charge >= 0.3 is 0 Å². The largest absolute Gasteiger partial charge is 0.507 e. The molecule has 4 nitrogen and oxygen atoms in total. The molecule has 0 aliphatic rings. The number of phenols is 2. The van der Waals surface area contributed by atoms with E-state index in [4.69, 9.17) is 11.6 Å². The second-order valence-electron chi connectivity index (χ2n) is 5.39. The summed E-state index contributed by atoms with van der Waals surface area (Å²) in [6.45, 7) is 0. The van der Waals surface area contributed by atoms with Crippen LogP contribution in [0.25, 0.3) is 28.2 Å². The Balaban J connectivity index is 2.06. The number of rotatable bonds is 2. The van der Waals surface area contributed by atoms with Gasteiger partial charge in [0.25, 0.3) is 0 Å². The van der Waals surface area contributed by atoms with Crippen molar-refractivity contribution in [3.63, 3.8) is 0 Å². The van der Waals surface area contributed by atoms with Gasteiger partial charge in [-0.3, -0.25) is 4.40 Å². The highest BCUT2D eigenvalue weighted by Gasteiger charge is 2.18. The summed E-state index contributed by atoms with van der Waals surface area (Å²) in [5.74, 6) is 0.700. The topological polar surface area (TPSA) is 57.8 Å². The molecule has 2 aromatic heterocycles. The summed E-state index contributed by atoms with van der Waals surface area (Å²) in [5.41, 5.74) is 2.63. The van der Waals surface area contributed by atoms with E-state index in [0.29, 0.717) is 22.6 Å². The normalized spacial score (nSPS) is 11.0. The van der Waals surface area contributed by atoms with Crippen molar-refractivity contribution < 1.29 is 10.2 Å². The first-order valence-electron chi connectivity index (χ1n) is 7.40. The van der Waals surface area contributed by atoms with Crippen LogP contribution in [0.2, 0.25) is 5.02 Å². The third-order valence-corrected chi connectivity index (χ3v) is 4.24. The number of benzene rings is 2. The molecular weight excluding hydrogens is 324 g/mol. The summed E-state index contributed by atoms with van der Waals surface area (Å²) in [6, 6.07) is 17.9. The van der Waals surface area contributed by atoms with E-state index in [1.54, 1.807) is 30.3 Å². The number of pyridine rings is 1. The van der Waals surface area contributed by atoms with Crippen molar-refractivity contribution in [2.75, 3.05) is 0 Å². The highest BCUT2D eigenvalue weighted by Crippen LogP contribution is 2.38. The van der Waals surface area contributed by atoms with Crippen LogP contribution in [0.4, 0.5) is 0 Å². The highest BCUT2D eigenvalue weighted by atomic mass is 35.5. The highest BCUT2D eigenvalue weighted by molar-refractivity contribution is 6.32. The van der Waals surface area contributed by atoms with Crippen molar-refractivity contribution in [3.05, 3.63) is 71.9 Å². The number of aromatic hydroxyl groups is 2. The zero-order chi connectivity index (χ0) is 16.7. The van der Waals surface area contributed by atoms with Gasteiger partial charge < -0.3 is 10.2 Å². The smallest absolute Gasteiger partial charge is 0.149 e. The van der Waals surface area contributed by atoms with Crippen LogP contribution >= 0.6 is 11.6 Å². The molecule has 0 atom stereocenters. The third-order valence-electron chi connectivity index (χ3n) is 3.94. The third kappa shape index (κ3) is 2.20. The molecule has 0 radical (unpaired) electrons. The molecule has 0 saturated heterocycles. The van der Waals surface area contributed by atoms with E-state index >= 15 is 0 Å². The van der Waals surface area contributed by atoms with Crippen LogP contribution in [0.5, 0.6) is 11.5 Å².